The average molecular weight is 501 g/mol. The molecule has 6 nitrogen and oxygen atoms in total. The van der Waals surface area contributed by atoms with Crippen molar-refractivity contribution in [3.63, 3.8) is 0 Å². The molecular weight excluding hydrogens is 472 g/mol. The Kier molecular flexibility index (Phi) is 7.12. The van der Waals surface area contributed by atoms with E-state index in [0.717, 1.165) is 22.3 Å². The summed E-state index contributed by atoms with van der Waals surface area (Å²) in [6, 6.07) is 24.7. The fourth-order valence-electron chi connectivity index (χ4n) is 4.29. The van der Waals surface area contributed by atoms with E-state index in [2.05, 4.69) is 10.0 Å². The number of carbonyl (C=O) groups excluding carboxylic acids is 1. The molecular formula is C29H28N2O4S. The number of aryl methyl sites for hydroxylation is 3. The summed E-state index contributed by atoms with van der Waals surface area (Å²) >= 11 is 0. The standard InChI is InChI=1S/C29H28N2O4S/c1-19-15-20(2)28(21(3)16-19)36(34,35)31-26-6-4-5-22(17-26)18-30-29(33)25-9-7-23(8-10-25)24-11-13-27(32)14-12-24/h4-17,31-32H,18H2,1-3H3,(H,30,33). The Morgan fingerprint density at radius 3 is 2.00 bits per heavy atom. The normalized spacial score (nSPS) is 11.2. The predicted molar refractivity (Wildman–Crippen MR) is 143 cm³/mol. The smallest absolute Gasteiger partial charge is 0.262 e. The van der Waals surface area contributed by atoms with Gasteiger partial charge in [0.05, 0.1) is 4.90 Å². The van der Waals surface area contributed by atoms with Crippen LogP contribution in [0.1, 0.15) is 32.6 Å². The van der Waals surface area contributed by atoms with E-state index < -0.39 is 10.0 Å². The van der Waals surface area contributed by atoms with Gasteiger partial charge in [-0.25, -0.2) is 8.42 Å². The van der Waals surface area contributed by atoms with Gasteiger partial charge in [0.15, 0.2) is 0 Å². The number of aromatic hydroxyl groups is 1. The van der Waals surface area contributed by atoms with Gasteiger partial charge < -0.3 is 10.4 Å². The van der Waals surface area contributed by atoms with Crippen LogP contribution < -0.4 is 10.0 Å². The Morgan fingerprint density at radius 1 is 0.806 bits per heavy atom. The van der Waals surface area contributed by atoms with E-state index in [4.69, 9.17) is 0 Å². The van der Waals surface area contributed by atoms with Gasteiger partial charge in [-0.2, -0.15) is 0 Å². The van der Waals surface area contributed by atoms with Crippen LogP contribution >= 0.6 is 0 Å². The fraction of sp³-hybridized carbons (Fsp3) is 0.138. The van der Waals surface area contributed by atoms with Crippen molar-refractivity contribution in [2.75, 3.05) is 4.72 Å². The first-order chi connectivity index (χ1) is 17.1. The molecule has 4 aromatic carbocycles. The van der Waals surface area contributed by atoms with Gasteiger partial charge in [-0.15, -0.1) is 0 Å². The van der Waals surface area contributed by atoms with Crippen molar-refractivity contribution < 1.29 is 18.3 Å². The van der Waals surface area contributed by atoms with Crippen molar-refractivity contribution in [2.45, 2.75) is 32.2 Å². The molecule has 0 unspecified atom stereocenters. The quantitative estimate of drug-likeness (QED) is 0.303. The lowest BCUT2D eigenvalue weighted by atomic mass is 10.0. The topological polar surface area (TPSA) is 95.5 Å². The summed E-state index contributed by atoms with van der Waals surface area (Å²) in [5.74, 6) is -0.0314. The van der Waals surface area contributed by atoms with Crippen LogP contribution in [0.2, 0.25) is 0 Å². The Morgan fingerprint density at radius 2 is 1.39 bits per heavy atom. The third-order valence-corrected chi connectivity index (χ3v) is 7.54. The highest BCUT2D eigenvalue weighted by Gasteiger charge is 2.20. The van der Waals surface area contributed by atoms with Gasteiger partial charge in [0.2, 0.25) is 0 Å². The molecule has 0 aromatic heterocycles. The zero-order chi connectivity index (χ0) is 25.9. The minimum Gasteiger partial charge on any atom is -0.508 e. The molecule has 0 spiro atoms. The van der Waals surface area contributed by atoms with E-state index in [1.807, 2.05) is 49.4 Å². The third-order valence-electron chi connectivity index (χ3n) is 5.85. The number of hydrogen-bond donors (Lipinski definition) is 3. The maximum Gasteiger partial charge on any atom is 0.262 e. The van der Waals surface area contributed by atoms with Crippen LogP contribution in [-0.4, -0.2) is 19.4 Å². The molecule has 0 saturated carbocycles. The molecule has 3 N–H and O–H groups in total. The fourth-order valence-corrected chi connectivity index (χ4v) is 5.80. The number of rotatable bonds is 7. The van der Waals surface area contributed by atoms with Gasteiger partial charge in [-0.1, -0.05) is 54.1 Å². The van der Waals surface area contributed by atoms with E-state index in [1.165, 1.54) is 0 Å². The SMILES string of the molecule is Cc1cc(C)c(S(=O)(=O)Nc2cccc(CNC(=O)c3ccc(-c4ccc(O)cc4)cc3)c2)c(C)c1. The van der Waals surface area contributed by atoms with Gasteiger partial charge in [0.1, 0.15) is 5.75 Å². The lowest BCUT2D eigenvalue weighted by Crippen LogP contribution is -2.22. The monoisotopic (exact) mass is 500 g/mol. The molecule has 0 aliphatic heterocycles. The largest absolute Gasteiger partial charge is 0.508 e. The van der Waals surface area contributed by atoms with Crippen LogP contribution in [0.3, 0.4) is 0 Å². The van der Waals surface area contributed by atoms with E-state index in [9.17, 15) is 18.3 Å². The molecule has 36 heavy (non-hydrogen) atoms. The second-order valence-corrected chi connectivity index (χ2v) is 10.5. The highest BCUT2D eigenvalue weighted by Crippen LogP contribution is 2.25. The summed E-state index contributed by atoms with van der Waals surface area (Å²) < 4.78 is 28.8. The van der Waals surface area contributed by atoms with Crippen molar-refractivity contribution >= 4 is 21.6 Å². The molecule has 0 bridgehead atoms. The first-order valence-electron chi connectivity index (χ1n) is 11.5. The highest BCUT2D eigenvalue weighted by molar-refractivity contribution is 7.92. The molecule has 4 rings (SSSR count). The Labute approximate surface area is 211 Å². The lowest BCUT2D eigenvalue weighted by molar-refractivity contribution is 0.0951. The van der Waals surface area contributed by atoms with Crippen LogP contribution in [0.15, 0.2) is 89.8 Å². The summed E-state index contributed by atoms with van der Waals surface area (Å²) in [4.78, 5) is 12.9. The van der Waals surface area contributed by atoms with Crippen molar-refractivity contribution in [1.82, 2.24) is 5.32 Å². The maximum absolute atomic E-state index is 13.1. The number of benzene rings is 4. The van der Waals surface area contributed by atoms with Crippen molar-refractivity contribution in [1.29, 1.82) is 0 Å². The highest BCUT2D eigenvalue weighted by atomic mass is 32.2. The summed E-state index contributed by atoms with van der Waals surface area (Å²) in [7, 11) is -3.76. The van der Waals surface area contributed by atoms with E-state index in [0.29, 0.717) is 22.4 Å². The summed E-state index contributed by atoms with van der Waals surface area (Å²) in [5.41, 5.74) is 5.98. The number of nitrogens with one attached hydrogen (secondary N) is 2. The van der Waals surface area contributed by atoms with Gasteiger partial charge >= 0.3 is 0 Å². The van der Waals surface area contributed by atoms with Crippen LogP contribution in [-0.2, 0) is 16.6 Å². The first-order valence-corrected chi connectivity index (χ1v) is 13.0. The minimum absolute atomic E-state index is 0.201. The Balaban J connectivity index is 1.42. The molecule has 0 saturated heterocycles. The number of hydrogen-bond acceptors (Lipinski definition) is 4. The summed E-state index contributed by atoms with van der Waals surface area (Å²) in [6.07, 6.45) is 0. The number of carbonyl (C=O) groups is 1. The van der Waals surface area contributed by atoms with Crippen LogP contribution in [0.4, 0.5) is 5.69 Å². The third kappa shape index (κ3) is 5.75. The molecule has 7 heteroatoms. The first kappa shape index (κ1) is 25.0. The van der Waals surface area contributed by atoms with Gasteiger partial charge in [-0.3, -0.25) is 9.52 Å². The van der Waals surface area contributed by atoms with Crippen molar-refractivity contribution in [2.24, 2.45) is 0 Å². The van der Waals surface area contributed by atoms with Gasteiger partial charge in [0, 0.05) is 17.8 Å². The minimum atomic E-state index is -3.76. The zero-order valence-corrected chi connectivity index (χ0v) is 21.2. The van der Waals surface area contributed by atoms with Crippen LogP contribution in [0.25, 0.3) is 11.1 Å². The van der Waals surface area contributed by atoms with Crippen LogP contribution in [0.5, 0.6) is 5.75 Å². The molecule has 0 fully saturated rings. The van der Waals surface area contributed by atoms with Crippen LogP contribution in [0, 0.1) is 20.8 Å². The number of sulfonamides is 1. The second-order valence-electron chi connectivity index (χ2n) is 8.84. The molecule has 4 aromatic rings. The molecule has 0 atom stereocenters. The summed E-state index contributed by atoms with van der Waals surface area (Å²) in [6.45, 7) is 5.76. The Hall–Kier alpha value is -4.10. The molecule has 184 valence electrons. The number of amides is 1. The van der Waals surface area contributed by atoms with E-state index in [-0.39, 0.29) is 23.1 Å². The molecule has 0 aliphatic carbocycles. The maximum atomic E-state index is 13.1. The zero-order valence-electron chi connectivity index (χ0n) is 20.4. The van der Waals surface area contributed by atoms with Crippen molar-refractivity contribution in [3.05, 3.63) is 113 Å². The lowest BCUT2D eigenvalue weighted by Gasteiger charge is -2.14. The molecule has 1 amide bonds. The molecule has 0 aliphatic rings. The van der Waals surface area contributed by atoms with Crippen molar-refractivity contribution in [3.8, 4) is 16.9 Å². The van der Waals surface area contributed by atoms with Gasteiger partial charge in [0.25, 0.3) is 15.9 Å². The summed E-state index contributed by atoms with van der Waals surface area (Å²) in [5, 5.41) is 12.3. The number of anilines is 1. The second kappa shape index (κ2) is 10.3. The molecule has 0 heterocycles. The molecule has 0 radical (unpaired) electrons. The number of phenolic OH excluding ortho intramolecular Hbond substituents is 1. The predicted octanol–water partition coefficient (Wildman–Crippen LogP) is 5.72. The Bertz CT molecular complexity index is 1490. The average Bonchev–Trinajstić information content (AvgIpc) is 2.82. The van der Waals surface area contributed by atoms with E-state index >= 15 is 0 Å². The van der Waals surface area contributed by atoms with Gasteiger partial charge in [-0.05, 0) is 85.0 Å². The van der Waals surface area contributed by atoms with E-state index in [1.54, 1.807) is 56.3 Å². The number of phenols is 1.